The third kappa shape index (κ3) is 7.05. The lowest BCUT2D eigenvalue weighted by atomic mass is 10.0. The molecule has 7 heteroatoms. The molecule has 2 rings (SSSR count). The summed E-state index contributed by atoms with van der Waals surface area (Å²) in [4.78, 5) is 11.3. The van der Waals surface area contributed by atoms with E-state index in [1.165, 1.54) is 31.4 Å². The van der Waals surface area contributed by atoms with Crippen LogP contribution in [0.15, 0.2) is 59.5 Å². The second-order valence-electron chi connectivity index (χ2n) is 6.57. The lowest BCUT2D eigenvalue weighted by Crippen LogP contribution is -2.28. The van der Waals surface area contributed by atoms with Gasteiger partial charge in [-0.15, -0.1) is 0 Å². The van der Waals surface area contributed by atoms with Gasteiger partial charge < -0.3 is 4.74 Å². The Hall–Kier alpha value is -2.25. The molecule has 2 aromatic rings. The molecule has 152 valence electrons. The molecule has 5 nitrogen and oxygen atoms in total. The standard InChI is InChI=1S/C21H26FNO4S/c1-27-21(24)12-8-3-2-7-11-20(17-13-15-18(22)16-14-17)23-28(25,26)19-9-5-4-6-10-19/h4-6,9-10,13-16,20,23H,2-3,7-8,11-12H2,1H3. The normalized spacial score (nSPS) is 12.5. The van der Waals surface area contributed by atoms with Crippen LogP contribution in [0.25, 0.3) is 0 Å². The van der Waals surface area contributed by atoms with Crippen LogP contribution >= 0.6 is 0 Å². The zero-order valence-electron chi connectivity index (χ0n) is 15.9. The fourth-order valence-corrected chi connectivity index (χ4v) is 4.20. The van der Waals surface area contributed by atoms with Gasteiger partial charge in [0.25, 0.3) is 0 Å². The predicted molar refractivity (Wildman–Crippen MR) is 106 cm³/mol. The number of halogens is 1. The van der Waals surface area contributed by atoms with Gasteiger partial charge >= 0.3 is 5.97 Å². The second-order valence-corrected chi connectivity index (χ2v) is 8.28. The highest BCUT2D eigenvalue weighted by Gasteiger charge is 2.21. The number of methoxy groups -OCH3 is 1. The summed E-state index contributed by atoms with van der Waals surface area (Å²) in [5.74, 6) is -0.587. The molecule has 0 aromatic heterocycles. The minimum Gasteiger partial charge on any atom is -0.469 e. The van der Waals surface area contributed by atoms with E-state index in [-0.39, 0.29) is 16.7 Å². The number of carbonyl (C=O) groups excluding carboxylic acids is 1. The second kappa shape index (κ2) is 10.9. The van der Waals surface area contributed by atoms with Crippen molar-refractivity contribution in [3.63, 3.8) is 0 Å². The van der Waals surface area contributed by atoms with Gasteiger partial charge in [0, 0.05) is 12.5 Å². The Morgan fingerprint density at radius 2 is 1.64 bits per heavy atom. The maximum Gasteiger partial charge on any atom is 0.305 e. The van der Waals surface area contributed by atoms with E-state index in [4.69, 9.17) is 0 Å². The number of hydrogen-bond donors (Lipinski definition) is 1. The molecule has 0 heterocycles. The highest BCUT2D eigenvalue weighted by atomic mass is 32.2. The van der Waals surface area contributed by atoms with Crippen LogP contribution in [-0.2, 0) is 19.6 Å². The van der Waals surface area contributed by atoms with Crippen molar-refractivity contribution in [1.29, 1.82) is 0 Å². The first-order chi connectivity index (χ1) is 13.4. The van der Waals surface area contributed by atoms with E-state index in [0.717, 1.165) is 31.2 Å². The average Bonchev–Trinajstić information content (AvgIpc) is 2.70. The summed E-state index contributed by atoms with van der Waals surface area (Å²) in [6, 6.07) is 13.6. The molecule has 0 saturated heterocycles. The summed E-state index contributed by atoms with van der Waals surface area (Å²) in [6.07, 6.45) is 4.21. The molecule has 0 aliphatic heterocycles. The van der Waals surface area contributed by atoms with Gasteiger partial charge in [0.2, 0.25) is 10.0 Å². The Kier molecular flexibility index (Phi) is 8.60. The molecular formula is C21H26FNO4S. The highest BCUT2D eigenvalue weighted by Crippen LogP contribution is 2.23. The Morgan fingerprint density at radius 3 is 2.29 bits per heavy atom. The number of nitrogens with one attached hydrogen (secondary N) is 1. The number of rotatable bonds is 11. The monoisotopic (exact) mass is 407 g/mol. The molecule has 0 spiro atoms. The summed E-state index contributed by atoms with van der Waals surface area (Å²) in [7, 11) is -2.32. The zero-order chi connectivity index (χ0) is 20.4. The van der Waals surface area contributed by atoms with Crippen LogP contribution in [0.3, 0.4) is 0 Å². The predicted octanol–water partition coefficient (Wildman–Crippen LogP) is 4.36. The molecule has 1 unspecified atom stereocenters. The Bertz CT molecular complexity index is 838. The van der Waals surface area contributed by atoms with E-state index in [1.54, 1.807) is 30.3 Å². The molecular weight excluding hydrogens is 381 g/mol. The number of carbonyl (C=O) groups is 1. The molecule has 2 aromatic carbocycles. The van der Waals surface area contributed by atoms with Gasteiger partial charge in [-0.05, 0) is 42.7 Å². The van der Waals surface area contributed by atoms with E-state index in [0.29, 0.717) is 12.8 Å². The number of hydrogen-bond acceptors (Lipinski definition) is 4. The Morgan fingerprint density at radius 1 is 1.00 bits per heavy atom. The third-order valence-electron chi connectivity index (χ3n) is 4.47. The first-order valence-corrected chi connectivity index (χ1v) is 10.8. The third-order valence-corrected chi connectivity index (χ3v) is 5.96. The number of benzene rings is 2. The summed E-state index contributed by atoms with van der Waals surface area (Å²) in [5, 5.41) is 0. The van der Waals surface area contributed by atoms with Gasteiger partial charge in [-0.2, -0.15) is 0 Å². The Labute approximate surface area is 166 Å². The van der Waals surface area contributed by atoms with Crippen molar-refractivity contribution in [1.82, 2.24) is 4.72 Å². The maximum atomic E-state index is 13.3. The highest BCUT2D eigenvalue weighted by molar-refractivity contribution is 7.89. The van der Waals surface area contributed by atoms with Gasteiger partial charge in [0.05, 0.1) is 12.0 Å². The number of ether oxygens (including phenoxy) is 1. The fraction of sp³-hybridized carbons (Fsp3) is 0.381. The molecule has 0 fully saturated rings. The first-order valence-electron chi connectivity index (χ1n) is 9.32. The van der Waals surface area contributed by atoms with Crippen molar-refractivity contribution in [3.8, 4) is 0 Å². The van der Waals surface area contributed by atoms with Gasteiger partial charge in [-0.25, -0.2) is 17.5 Å². The van der Waals surface area contributed by atoms with Gasteiger partial charge in [0.15, 0.2) is 0 Å². The van der Waals surface area contributed by atoms with Crippen molar-refractivity contribution in [2.75, 3.05) is 7.11 Å². The average molecular weight is 408 g/mol. The maximum absolute atomic E-state index is 13.3. The van der Waals surface area contributed by atoms with E-state index >= 15 is 0 Å². The largest absolute Gasteiger partial charge is 0.469 e. The first kappa shape index (κ1) is 22.0. The molecule has 1 N–H and O–H groups in total. The van der Waals surface area contributed by atoms with Crippen molar-refractivity contribution in [3.05, 3.63) is 66.0 Å². The van der Waals surface area contributed by atoms with Gasteiger partial charge in [-0.3, -0.25) is 4.79 Å². The van der Waals surface area contributed by atoms with Gasteiger partial charge in [-0.1, -0.05) is 49.6 Å². The van der Waals surface area contributed by atoms with Crippen LogP contribution in [0.1, 0.15) is 50.1 Å². The van der Waals surface area contributed by atoms with E-state index < -0.39 is 16.1 Å². The molecule has 0 radical (unpaired) electrons. The van der Waals surface area contributed by atoms with Gasteiger partial charge in [0.1, 0.15) is 5.82 Å². The van der Waals surface area contributed by atoms with Crippen LogP contribution in [0.4, 0.5) is 4.39 Å². The lowest BCUT2D eigenvalue weighted by Gasteiger charge is -2.19. The van der Waals surface area contributed by atoms with E-state index in [2.05, 4.69) is 9.46 Å². The molecule has 0 aliphatic rings. The number of esters is 1. The van der Waals surface area contributed by atoms with Crippen molar-refractivity contribution < 1.29 is 22.3 Å². The van der Waals surface area contributed by atoms with Crippen molar-refractivity contribution in [2.45, 2.75) is 49.5 Å². The molecule has 28 heavy (non-hydrogen) atoms. The van der Waals surface area contributed by atoms with Crippen molar-refractivity contribution >= 4 is 16.0 Å². The molecule has 0 bridgehead atoms. The number of sulfonamides is 1. The Balaban J connectivity index is 2.00. The topological polar surface area (TPSA) is 72.5 Å². The minimum atomic E-state index is -3.68. The van der Waals surface area contributed by atoms with E-state index in [9.17, 15) is 17.6 Å². The smallest absolute Gasteiger partial charge is 0.305 e. The van der Waals surface area contributed by atoms with Crippen LogP contribution in [0.5, 0.6) is 0 Å². The van der Waals surface area contributed by atoms with Crippen LogP contribution in [0.2, 0.25) is 0 Å². The molecule has 0 saturated carbocycles. The SMILES string of the molecule is COC(=O)CCCCCCC(NS(=O)(=O)c1ccccc1)c1ccc(F)cc1. The minimum absolute atomic E-state index is 0.195. The van der Waals surface area contributed by atoms with Crippen LogP contribution in [0, 0.1) is 5.82 Å². The lowest BCUT2D eigenvalue weighted by molar-refractivity contribution is -0.140. The molecule has 0 amide bonds. The number of unbranched alkanes of at least 4 members (excludes halogenated alkanes) is 3. The summed E-state index contributed by atoms with van der Waals surface area (Å²) in [6.45, 7) is 0. The summed E-state index contributed by atoms with van der Waals surface area (Å²) in [5.41, 5.74) is 0.718. The van der Waals surface area contributed by atoms with Crippen LogP contribution < -0.4 is 4.72 Å². The molecule has 1 atom stereocenters. The van der Waals surface area contributed by atoms with Crippen molar-refractivity contribution in [2.24, 2.45) is 0 Å². The summed E-state index contributed by atoms with van der Waals surface area (Å²) >= 11 is 0. The quantitative estimate of drug-likeness (QED) is 0.444. The van der Waals surface area contributed by atoms with E-state index in [1.807, 2.05) is 0 Å². The zero-order valence-corrected chi connectivity index (χ0v) is 16.8. The molecule has 0 aliphatic carbocycles. The summed E-state index contributed by atoms with van der Waals surface area (Å²) < 4.78 is 46.0. The fourth-order valence-electron chi connectivity index (χ4n) is 2.92. The van der Waals surface area contributed by atoms with Crippen LogP contribution in [-0.4, -0.2) is 21.5 Å².